The number of hydrogen-bond donors (Lipinski definition) is 2. The van der Waals surface area contributed by atoms with Crippen molar-refractivity contribution in [3.8, 4) is 0 Å². The lowest BCUT2D eigenvalue weighted by molar-refractivity contribution is 0.0935. The van der Waals surface area contributed by atoms with Crippen LogP contribution in [0.4, 0.5) is 0 Å². The second-order valence-corrected chi connectivity index (χ2v) is 6.06. The Balaban J connectivity index is 1.72. The van der Waals surface area contributed by atoms with E-state index in [1.807, 2.05) is 43.3 Å². The Morgan fingerprint density at radius 1 is 1.35 bits per heavy atom. The molecule has 2 N–H and O–H groups in total. The van der Waals surface area contributed by atoms with E-state index in [4.69, 9.17) is 16.0 Å². The molecule has 3 rings (SSSR count). The minimum atomic E-state index is -0.157. The molecule has 6 heteroatoms. The first-order chi connectivity index (χ1) is 11.0. The van der Waals surface area contributed by atoms with Gasteiger partial charge in [-0.25, -0.2) is 0 Å². The second-order valence-electron chi connectivity index (χ2n) is 5.62. The van der Waals surface area contributed by atoms with Crippen LogP contribution in [0.3, 0.4) is 0 Å². The summed E-state index contributed by atoms with van der Waals surface area (Å²) in [6.45, 7) is 0.454. The Kier molecular flexibility index (Phi) is 4.41. The van der Waals surface area contributed by atoms with Crippen molar-refractivity contribution >= 4 is 28.4 Å². The standard InChI is InChI=1S/C17H18ClN3O2/c1-21(2)15(16-4-3-7-23-16)10-19-17(22)14-9-11-8-12(18)5-6-13(11)20-14/h3-9,15,20H,10H2,1-2H3,(H,19,22)/t15-/m1/s1. The van der Waals surface area contributed by atoms with Crippen LogP contribution in [-0.2, 0) is 0 Å². The Morgan fingerprint density at radius 2 is 2.17 bits per heavy atom. The summed E-state index contributed by atoms with van der Waals surface area (Å²) in [7, 11) is 3.90. The van der Waals surface area contributed by atoms with Gasteiger partial charge in [0.1, 0.15) is 11.5 Å². The molecule has 1 aromatic carbocycles. The Hall–Kier alpha value is -2.24. The molecule has 23 heavy (non-hydrogen) atoms. The van der Waals surface area contributed by atoms with Crippen LogP contribution in [0.25, 0.3) is 10.9 Å². The normalized spacial score (nSPS) is 12.7. The zero-order chi connectivity index (χ0) is 16.4. The van der Waals surface area contributed by atoms with E-state index in [0.717, 1.165) is 16.7 Å². The third-order valence-electron chi connectivity index (χ3n) is 3.78. The maximum absolute atomic E-state index is 12.4. The van der Waals surface area contributed by atoms with Crippen LogP contribution < -0.4 is 5.32 Å². The van der Waals surface area contributed by atoms with Gasteiger partial charge < -0.3 is 14.7 Å². The monoisotopic (exact) mass is 331 g/mol. The van der Waals surface area contributed by atoms with Crippen molar-refractivity contribution in [1.82, 2.24) is 15.2 Å². The van der Waals surface area contributed by atoms with Crippen molar-refractivity contribution in [1.29, 1.82) is 0 Å². The number of aromatic amines is 1. The number of furan rings is 1. The fraction of sp³-hybridized carbons (Fsp3) is 0.235. The van der Waals surface area contributed by atoms with Gasteiger partial charge in [0.15, 0.2) is 0 Å². The topological polar surface area (TPSA) is 61.3 Å². The highest BCUT2D eigenvalue weighted by Gasteiger charge is 2.19. The largest absolute Gasteiger partial charge is 0.468 e. The minimum absolute atomic E-state index is 0.0206. The molecule has 0 saturated heterocycles. The molecule has 3 aromatic rings. The van der Waals surface area contributed by atoms with E-state index in [-0.39, 0.29) is 11.9 Å². The lowest BCUT2D eigenvalue weighted by atomic mass is 10.2. The molecule has 0 aliphatic heterocycles. The summed E-state index contributed by atoms with van der Waals surface area (Å²) in [6.07, 6.45) is 1.63. The molecule has 2 aromatic heterocycles. The number of hydrogen-bond acceptors (Lipinski definition) is 3. The summed E-state index contributed by atoms with van der Waals surface area (Å²) in [5.74, 6) is 0.662. The van der Waals surface area contributed by atoms with Crippen LogP contribution in [0.1, 0.15) is 22.3 Å². The first kappa shape index (κ1) is 15.6. The van der Waals surface area contributed by atoms with Gasteiger partial charge in [0, 0.05) is 22.5 Å². The van der Waals surface area contributed by atoms with E-state index in [0.29, 0.717) is 17.3 Å². The number of H-pyrrole nitrogens is 1. The molecule has 0 saturated carbocycles. The molecule has 120 valence electrons. The molecule has 0 radical (unpaired) electrons. The lowest BCUT2D eigenvalue weighted by Gasteiger charge is -2.22. The van der Waals surface area contributed by atoms with E-state index >= 15 is 0 Å². The van der Waals surface area contributed by atoms with Crippen LogP contribution in [-0.4, -0.2) is 36.4 Å². The zero-order valence-electron chi connectivity index (χ0n) is 13.0. The number of rotatable bonds is 5. The van der Waals surface area contributed by atoms with Gasteiger partial charge >= 0.3 is 0 Å². The number of amides is 1. The van der Waals surface area contributed by atoms with Crippen LogP contribution >= 0.6 is 11.6 Å². The average Bonchev–Trinajstić information content (AvgIpc) is 3.15. The van der Waals surface area contributed by atoms with Gasteiger partial charge in [0.2, 0.25) is 0 Å². The first-order valence-corrected chi connectivity index (χ1v) is 7.68. The average molecular weight is 332 g/mol. The number of carbonyl (C=O) groups excluding carboxylic acids is 1. The van der Waals surface area contributed by atoms with E-state index in [1.165, 1.54) is 0 Å². The van der Waals surface area contributed by atoms with Gasteiger partial charge in [-0.1, -0.05) is 11.6 Å². The third-order valence-corrected chi connectivity index (χ3v) is 4.01. The third kappa shape index (κ3) is 3.41. The molecule has 0 bridgehead atoms. The van der Waals surface area contributed by atoms with Crippen molar-refractivity contribution in [2.45, 2.75) is 6.04 Å². The highest BCUT2D eigenvalue weighted by Crippen LogP contribution is 2.21. The number of likely N-dealkylation sites (N-methyl/N-ethyl adjacent to an activating group) is 1. The maximum atomic E-state index is 12.4. The number of aromatic nitrogens is 1. The van der Waals surface area contributed by atoms with Gasteiger partial charge in [0.05, 0.1) is 12.3 Å². The van der Waals surface area contributed by atoms with E-state index < -0.39 is 0 Å². The zero-order valence-corrected chi connectivity index (χ0v) is 13.7. The van der Waals surface area contributed by atoms with Gasteiger partial charge in [-0.05, 0) is 50.5 Å². The predicted molar refractivity (Wildman–Crippen MR) is 90.8 cm³/mol. The predicted octanol–water partition coefficient (Wildman–Crippen LogP) is 3.45. The quantitative estimate of drug-likeness (QED) is 0.752. The molecular formula is C17H18ClN3O2. The van der Waals surface area contributed by atoms with E-state index in [9.17, 15) is 4.79 Å². The van der Waals surface area contributed by atoms with Crippen molar-refractivity contribution < 1.29 is 9.21 Å². The number of nitrogens with zero attached hydrogens (tertiary/aromatic N) is 1. The molecule has 1 amide bonds. The Labute approximate surface area is 139 Å². The summed E-state index contributed by atoms with van der Waals surface area (Å²) in [6, 6.07) is 11.0. The molecule has 0 fully saturated rings. The maximum Gasteiger partial charge on any atom is 0.267 e. The fourth-order valence-electron chi connectivity index (χ4n) is 2.53. The molecule has 2 heterocycles. The molecule has 0 spiro atoms. The molecule has 1 atom stereocenters. The van der Waals surface area contributed by atoms with Gasteiger partial charge in [-0.15, -0.1) is 0 Å². The molecule has 0 aliphatic carbocycles. The number of fused-ring (bicyclic) bond motifs is 1. The first-order valence-electron chi connectivity index (χ1n) is 7.31. The van der Waals surface area contributed by atoms with Gasteiger partial charge in [-0.2, -0.15) is 0 Å². The second kappa shape index (κ2) is 6.48. The summed E-state index contributed by atoms with van der Waals surface area (Å²) in [4.78, 5) is 17.5. The van der Waals surface area contributed by atoms with Crippen LogP contribution in [0.2, 0.25) is 5.02 Å². The van der Waals surface area contributed by atoms with Gasteiger partial charge in [-0.3, -0.25) is 9.69 Å². The van der Waals surface area contributed by atoms with Crippen molar-refractivity contribution in [2.75, 3.05) is 20.6 Å². The van der Waals surface area contributed by atoms with Crippen molar-refractivity contribution in [3.05, 3.63) is 59.1 Å². The Morgan fingerprint density at radius 3 is 2.87 bits per heavy atom. The highest BCUT2D eigenvalue weighted by atomic mass is 35.5. The minimum Gasteiger partial charge on any atom is -0.468 e. The number of halogens is 1. The summed E-state index contributed by atoms with van der Waals surface area (Å²) in [5, 5.41) is 4.50. The molecular weight excluding hydrogens is 314 g/mol. The van der Waals surface area contributed by atoms with Crippen LogP contribution in [0.5, 0.6) is 0 Å². The highest BCUT2D eigenvalue weighted by molar-refractivity contribution is 6.31. The van der Waals surface area contributed by atoms with Gasteiger partial charge in [0.25, 0.3) is 5.91 Å². The number of nitrogens with one attached hydrogen (secondary N) is 2. The van der Waals surface area contributed by atoms with Crippen molar-refractivity contribution in [2.24, 2.45) is 0 Å². The van der Waals surface area contributed by atoms with Crippen molar-refractivity contribution in [3.63, 3.8) is 0 Å². The molecule has 5 nitrogen and oxygen atoms in total. The summed E-state index contributed by atoms with van der Waals surface area (Å²) < 4.78 is 5.44. The lowest BCUT2D eigenvalue weighted by Crippen LogP contribution is -2.34. The molecule has 0 aliphatic rings. The number of benzene rings is 1. The summed E-state index contributed by atoms with van der Waals surface area (Å²) in [5.41, 5.74) is 1.40. The van der Waals surface area contributed by atoms with Crippen LogP contribution in [0.15, 0.2) is 47.1 Å². The fourth-order valence-corrected chi connectivity index (χ4v) is 2.71. The summed E-state index contributed by atoms with van der Waals surface area (Å²) >= 11 is 5.97. The van der Waals surface area contributed by atoms with E-state index in [2.05, 4.69) is 10.3 Å². The van der Waals surface area contributed by atoms with E-state index in [1.54, 1.807) is 18.4 Å². The number of carbonyl (C=O) groups is 1. The molecule has 0 unspecified atom stereocenters. The smallest absolute Gasteiger partial charge is 0.267 e. The SMILES string of the molecule is CN(C)[C@H](CNC(=O)c1cc2cc(Cl)ccc2[nH]1)c1ccco1. The van der Waals surface area contributed by atoms with Crippen LogP contribution in [0, 0.1) is 0 Å². The Bertz CT molecular complexity index is 808.